The summed E-state index contributed by atoms with van der Waals surface area (Å²) in [7, 11) is 0. The molecular formula is C23H26F3N7O3. The van der Waals surface area contributed by atoms with Crippen LogP contribution in [0, 0.1) is 13.8 Å². The van der Waals surface area contributed by atoms with Gasteiger partial charge >= 0.3 is 6.18 Å². The van der Waals surface area contributed by atoms with Crippen molar-refractivity contribution < 1.29 is 27.2 Å². The van der Waals surface area contributed by atoms with E-state index in [1.165, 1.54) is 10.9 Å². The number of nitrogens with one attached hydrogen (secondary N) is 2. The molecule has 5 rings (SSSR count). The van der Waals surface area contributed by atoms with Crippen LogP contribution >= 0.6 is 0 Å². The Labute approximate surface area is 204 Å². The maximum absolute atomic E-state index is 13.9. The number of carbonyl (C=O) groups excluding carboxylic acids is 2. The van der Waals surface area contributed by atoms with Crippen LogP contribution in [0.4, 0.5) is 24.7 Å². The molecular weight excluding hydrogens is 479 g/mol. The summed E-state index contributed by atoms with van der Waals surface area (Å²) in [5, 5.41) is 14.0. The minimum atomic E-state index is -4.57. The third-order valence-corrected chi connectivity index (χ3v) is 6.73. The Balaban J connectivity index is 1.40. The van der Waals surface area contributed by atoms with Gasteiger partial charge in [-0.15, -0.1) is 0 Å². The summed E-state index contributed by atoms with van der Waals surface area (Å²) in [5.41, 5.74) is 1.43. The Bertz CT molecular complexity index is 1270. The molecule has 1 saturated heterocycles. The van der Waals surface area contributed by atoms with Crippen molar-refractivity contribution in [1.29, 1.82) is 0 Å². The van der Waals surface area contributed by atoms with Gasteiger partial charge in [0.05, 0.1) is 35.6 Å². The number of carbonyl (C=O) groups is 2. The number of furan rings is 1. The Kier molecular flexibility index (Phi) is 6.00. The molecule has 36 heavy (non-hydrogen) atoms. The number of anilines is 2. The van der Waals surface area contributed by atoms with Gasteiger partial charge < -0.3 is 20.0 Å². The zero-order chi connectivity index (χ0) is 25.6. The van der Waals surface area contributed by atoms with E-state index in [1.807, 2.05) is 0 Å². The van der Waals surface area contributed by atoms with Gasteiger partial charge in [-0.2, -0.15) is 23.4 Å². The largest absolute Gasteiger partial charge is 0.467 e. The van der Waals surface area contributed by atoms with Gasteiger partial charge in [0, 0.05) is 19.5 Å². The quantitative estimate of drug-likeness (QED) is 0.546. The summed E-state index contributed by atoms with van der Waals surface area (Å²) in [5.74, 6) is -0.400. The molecule has 192 valence electrons. The molecule has 0 unspecified atom stereocenters. The van der Waals surface area contributed by atoms with Crippen molar-refractivity contribution in [3.8, 4) is 0 Å². The SMILES string of the molecule is Cc1nn(CC(=O)N2CCCC2)c(C)c1NC(=O)c1cnn2c1N[C@H](c1ccco1)C[C@H]2C(F)(F)F. The van der Waals surface area contributed by atoms with Crippen molar-refractivity contribution >= 4 is 23.3 Å². The molecule has 1 fully saturated rings. The lowest BCUT2D eigenvalue weighted by molar-refractivity contribution is -0.174. The van der Waals surface area contributed by atoms with Gasteiger partial charge in [0.1, 0.15) is 23.7 Å². The number of hydrogen-bond donors (Lipinski definition) is 2. The zero-order valence-corrected chi connectivity index (χ0v) is 19.8. The molecule has 2 amide bonds. The molecule has 2 aliphatic rings. The van der Waals surface area contributed by atoms with E-state index in [9.17, 15) is 22.8 Å². The average molecular weight is 506 g/mol. The van der Waals surface area contributed by atoms with E-state index in [0.717, 1.165) is 36.8 Å². The highest BCUT2D eigenvalue weighted by Gasteiger charge is 2.47. The molecule has 0 bridgehead atoms. The number of nitrogens with zero attached hydrogens (tertiary/aromatic N) is 5. The van der Waals surface area contributed by atoms with Gasteiger partial charge in [0.2, 0.25) is 5.91 Å². The molecule has 0 aliphatic carbocycles. The summed E-state index contributed by atoms with van der Waals surface area (Å²) < 4.78 is 49.2. The normalized spacial score (nSPS) is 19.8. The number of fused-ring (bicyclic) bond motifs is 1. The van der Waals surface area contributed by atoms with Crippen LogP contribution in [0.25, 0.3) is 0 Å². The molecule has 10 nitrogen and oxygen atoms in total. The van der Waals surface area contributed by atoms with Crippen LogP contribution in [0.3, 0.4) is 0 Å². The topological polar surface area (TPSA) is 110 Å². The fourth-order valence-corrected chi connectivity index (χ4v) is 4.81. The van der Waals surface area contributed by atoms with Crippen molar-refractivity contribution in [2.24, 2.45) is 0 Å². The number of alkyl halides is 3. The monoisotopic (exact) mass is 505 g/mol. The van der Waals surface area contributed by atoms with Crippen molar-refractivity contribution in [2.45, 2.75) is 57.9 Å². The Hall–Kier alpha value is -3.77. The summed E-state index contributed by atoms with van der Waals surface area (Å²) in [6.45, 7) is 4.91. The molecule has 0 saturated carbocycles. The number of likely N-dealkylation sites (tertiary alicyclic amines) is 1. The van der Waals surface area contributed by atoms with E-state index in [-0.39, 0.29) is 30.3 Å². The van der Waals surface area contributed by atoms with Crippen LogP contribution in [-0.4, -0.2) is 55.5 Å². The lowest BCUT2D eigenvalue weighted by atomic mass is 10.0. The van der Waals surface area contributed by atoms with Crippen molar-refractivity contribution in [3.63, 3.8) is 0 Å². The molecule has 13 heteroatoms. The van der Waals surface area contributed by atoms with E-state index >= 15 is 0 Å². The Morgan fingerprint density at radius 3 is 2.67 bits per heavy atom. The second-order valence-electron chi connectivity index (χ2n) is 9.10. The number of aryl methyl sites for hydroxylation is 1. The fourth-order valence-electron chi connectivity index (χ4n) is 4.81. The highest BCUT2D eigenvalue weighted by atomic mass is 19.4. The minimum Gasteiger partial charge on any atom is -0.467 e. The first-order chi connectivity index (χ1) is 17.1. The molecule has 3 aromatic heterocycles. The summed E-state index contributed by atoms with van der Waals surface area (Å²) in [6.07, 6.45) is -0.446. The number of hydrogen-bond acceptors (Lipinski definition) is 6. The van der Waals surface area contributed by atoms with Crippen molar-refractivity contribution in [1.82, 2.24) is 24.5 Å². The molecule has 0 aromatic carbocycles. The zero-order valence-electron chi connectivity index (χ0n) is 19.8. The number of aromatic nitrogens is 4. The summed E-state index contributed by atoms with van der Waals surface area (Å²) in [6, 6.07) is 0.469. The third kappa shape index (κ3) is 4.33. The predicted molar refractivity (Wildman–Crippen MR) is 122 cm³/mol. The molecule has 5 heterocycles. The third-order valence-electron chi connectivity index (χ3n) is 6.73. The van der Waals surface area contributed by atoms with Crippen LogP contribution in [-0.2, 0) is 11.3 Å². The lowest BCUT2D eigenvalue weighted by Gasteiger charge is -2.32. The van der Waals surface area contributed by atoms with Gasteiger partial charge in [0.15, 0.2) is 6.04 Å². The molecule has 3 aromatic rings. The standard InChI is InChI=1S/C23H26F3N7O3/c1-13-20(14(2)32(30-13)12-19(34)31-7-3-4-8-31)29-22(35)15-11-27-33-18(23(24,25)26)10-16(28-21(15)33)17-6-5-9-36-17/h5-6,9,11,16,18,28H,3-4,7-8,10,12H2,1-2H3,(H,29,35)/t16-,18-/m0/s1. The second kappa shape index (κ2) is 9.03. The minimum absolute atomic E-state index is 0.0415. The van der Waals surface area contributed by atoms with Crippen LogP contribution < -0.4 is 10.6 Å². The number of halogens is 3. The van der Waals surface area contributed by atoms with Gasteiger partial charge in [-0.3, -0.25) is 14.3 Å². The van der Waals surface area contributed by atoms with E-state index in [1.54, 1.807) is 30.9 Å². The van der Waals surface area contributed by atoms with Crippen molar-refractivity contribution in [3.05, 3.63) is 47.3 Å². The molecule has 0 spiro atoms. The molecule has 2 aliphatic heterocycles. The van der Waals surface area contributed by atoms with Gasteiger partial charge in [0.25, 0.3) is 5.91 Å². The molecule has 0 radical (unpaired) electrons. The Morgan fingerprint density at radius 2 is 2.00 bits per heavy atom. The maximum Gasteiger partial charge on any atom is 0.410 e. The first kappa shape index (κ1) is 23.9. The smallest absolute Gasteiger partial charge is 0.410 e. The highest BCUT2D eigenvalue weighted by Crippen LogP contribution is 2.44. The van der Waals surface area contributed by atoms with Gasteiger partial charge in [-0.05, 0) is 38.8 Å². The second-order valence-corrected chi connectivity index (χ2v) is 9.10. The average Bonchev–Trinajstić information content (AvgIpc) is 3.63. The van der Waals surface area contributed by atoms with E-state index < -0.39 is 24.2 Å². The van der Waals surface area contributed by atoms with E-state index in [0.29, 0.717) is 22.8 Å². The number of rotatable bonds is 5. The van der Waals surface area contributed by atoms with Gasteiger partial charge in [-0.1, -0.05) is 0 Å². The van der Waals surface area contributed by atoms with Crippen molar-refractivity contribution in [2.75, 3.05) is 23.7 Å². The van der Waals surface area contributed by atoms with Crippen LogP contribution in [0.5, 0.6) is 0 Å². The lowest BCUT2D eigenvalue weighted by Crippen LogP contribution is -2.36. The molecule has 2 N–H and O–H groups in total. The highest BCUT2D eigenvalue weighted by molar-refractivity contribution is 6.08. The first-order valence-corrected chi connectivity index (χ1v) is 11.7. The maximum atomic E-state index is 13.9. The Morgan fingerprint density at radius 1 is 1.25 bits per heavy atom. The summed E-state index contributed by atoms with van der Waals surface area (Å²) in [4.78, 5) is 27.6. The van der Waals surface area contributed by atoms with E-state index in [4.69, 9.17) is 4.42 Å². The van der Waals surface area contributed by atoms with Crippen LogP contribution in [0.1, 0.15) is 58.9 Å². The van der Waals surface area contributed by atoms with Crippen LogP contribution in [0.2, 0.25) is 0 Å². The molecule has 2 atom stereocenters. The van der Waals surface area contributed by atoms with Crippen LogP contribution in [0.15, 0.2) is 29.0 Å². The first-order valence-electron chi connectivity index (χ1n) is 11.7. The number of amides is 2. The summed E-state index contributed by atoms with van der Waals surface area (Å²) >= 11 is 0. The fraction of sp³-hybridized carbons (Fsp3) is 0.478. The van der Waals surface area contributed by atoms with Gasteiger partial charge in [-0.25, -0.2) is 4.68 Å². The predicted octanol–water partition coefficient (Wildman–Crippen LogP) is 3.82. The van der Waals surface area contributed by atoms with E-state index in [2.05, 4.69) is 20.8 Å².